The van der Waals surface area contributed by atoms with Crippen LogP contribution in [0.15, 0.2) is 60.9 Å². The van der Waals surface area contributed by atoms with E-state index in [1.807, 2.05) is 27.8 Å². The SMILES string of the molecule is COC(=O)c1ccncc1NCC1c2ccc(N(C)c3ccc(C)cc3)cc2CN1C(=O)OC(C)(C)C. The van der Waals surface area contributed by atoms with E-state index in [0.29, 0.717) is 24.3 Å². The van der Waals surface area contributed by atoms with Crippen LogP contribution in [0.1, 0.15) is 53.9 Å². The fourth-order valence-corrected chi connectivity index (χ4v) is 4.40. The van der Waals surface area contributed by atoms with E-state index in [1.54, 1.807) is 23.4 Å². The number of anilines is 3. The minimum Gasteiger partial charge on any atom is -0.465 e. The summed E-state index contributed by atoms with van der Waals surface area (Å²) >= 11 is 0. The summed E-state index contributed by atoms with van der Waals surface area (Å²) in [6.45, 7) is 8.42. The lowest BCUT2D eigenvalue weighted by Crippen LogP contribution is -2.38. The lowest BCUT2D eigenvalue weighted by molar-refractivity contribution is 0.0182. The van der Waals surface area contributed by atoms with Gasteiger partial charge in [-0.05, 0) is 69.2 Å². The van der Waals surface area contributed by atoms with Crippen LogP contribution in [0.4, 0.5) is 21.9 Å². The van der Waals surface area contributed by atoms with Gasteiger partial charge in [0.25, 0.3) is 0 Å². The highest BCUT2D eigenvalue weighted by Crippen LogP contribution is 2.38. The molecule has 0 aliphatic carbocycles. The fourth-order valence-electron chi connectivity index (χ4n) is 4.40. The number of amides is 1. The molecule has 1 aliphatic heterocycles. The van der Waals surface area contributed by atoms with Crippen molar-refractivity contribution in [3.8, 4) is 0 Å². The monoisotopic (exact) mass is 502 g/mol. The summed E-state index contributed by atoms with van der Waals surface area (Å²) in [5, 5.41) is 3.30. The van der Waals surface area contributed by atoms with Crippen LogP contribution < -0.4 is 10.2 Å². The van der Waals surface area contributed by atoms with E-state index in [1.165, 1.54) is 12.7 Å². The maximum absolute atomic E-state index is 13.2. The number of nitrogens with one attached hydrogen (secondary N) is 1. The Morgan fingerprint density at radius 1 is 1.11 bits per heavy atom. The predicted octanol–water partition coefficient (Wildman–Crippen LogP) is 5.85. The first-order chi connectivity index (χ1) is 17.6. The van der Waals surface area contributed by atoms with Gasteiger partial charge < -0.3 is 19.7 Å². The van der Waals surface area contributed by atoms with Gasteiger partial charge in [-0.2, -0.15) is 0 Å². The zero-order valence-corrected chi connectivity index (χ0v) is 22.2. The van der Waals surface area contributed by atoms with Crippen molar-refractivity contribution in [2.75, 3.05) is 30.9 Å². The van der Waals surface area contributed by atoms with Crippen LogP contribution in [0, 0.1) is 6.92 Å². The van der Waals surface area contributed by atoms with Crippen molar-refractivity contribution >= 4 is 29.1 Å². The van der Waals surface area contributed by atoms with Gasteiger partial charge in [-0.15, -0.1) is 0 Å². The predicted molar refractivity (Wildman–Crippen MR) is 144 cm³/mol. The molecule has 0 radical (unpaired) electrons. The molecule has 0 fully saturated rings. The summed E-state index contributed by atoms with van der Waals surface area (Å²) in [6, 6.07) is 15.9. The standard InChI is InChI=1S/C29H34N4O4/c1-19-7-9-21(10-8-19)32(5)22-11-12-23-20(15-22)18-33(28(35)37-29(2,3)4)26(23)17-31-25-16-30-14-13-24(25)27(34)36-6/h7-16,26,31H,17-18H2,1-6H3. The highest BCUT2D eigenvalue weighted by atomic mass is 16.6. The number of pyridine rings is 1. The van der Waals surface area contributed by atoms with Crippen molar-refractivity contribution in [2.24, 2.45) is 0 Å². The Hall–Kier alpha value is -4.07. The van der Waals surface area contributed by atoms with Crippen molar-refractivity contribution in [3.05, 3.63) is 83.2 Å². The number of aromatic nitrogens is 1. The van der Waals surface area contributed by atoms with Gasteiger partial charge in [0.2, 0.25) is 0 Å². The van der Waals surface area contributed by atoms with E-state index in [4.69, 9.17) is 9.47 Å². The van der Waals surface area contributed by atoms with Gasteiger partial charge in [0.1, 0.15) is 5.60 Å². The molecule has 3 aromatic rings. The third-order valence-corrected chi connectivity index (χ3v) is 6.35. The summed E-state index contributed by atoms with van der Waals surface area (Å²) < 4.78 is 10.6. The summed E-state index contributed by atoms with van der Waals surface area (Å²) in [6.07, 6.45) is 2.74. The number of fused-ring (bicyclic) bond motifs is 1. The molecule has 2 aromatic carbocycles. The normalized spacial score (nSPS) is 14.6. The molecule has 1 atom stereocenters. The second-order valence-corrected chi connectivity index (χ2v) is 10.2. The topological polar surface area (TPSA) is 84.0 Å². The Morgan fingerprint density at radius 2 is 1.81 bits per heavy atom. The van der Waals surface area contributed by atoms with Crippen LogP contribution >= 0.6 is 0 Å². The second-order valence-electron chi connectivity index (χ2n) is 10.2. The van der Waals surface area contributed by atoms with Crippen molar-refractivity contribution in [2.45, 2.75) is 45.9 Å². The van der Waals surface area contributed by atoms with E-state index in [-0.39, 0.29) is 12.1 Å². The molecular weight excluding hydrogens is 468 g/mol. The number of hydrogen-bond donors (Lipinski definition) is 1. The Kier molecular flexibility index (Phi) is 7.38. The molecule has 2 heterocycles. The summed E-state index contributed by atoms with van der Waals surface area (Å²) in [5.41, 5.74) is 5.70. The average Bonchev–Trinajstić information content (AvgIpc) is 3.24. The van der Waals surface area contributed by atoms with Gasteiger partial charge in [0.05, 0.1) is 37.1 Å². The van der Waals surface area contributed by atoms with Crippen molar-refractivity contribution < 1.29 is 19.1 Å². The van der Waals surface area contributed by atoms with Gasteiger partial charge in [-0.3, -0.25) is 9.88 Å². The minimum absolute atomic E-state index is 0.297. The molecule has 8 heteroatoms. The molecule has 1 aliphatic rings. The second kappa shape index (κ2) is 10.5. The van der Waals surface area contributed by atoms with E-state index in [9.17, 15) is 9.59 Å². The highest BCUT2D eigenvalue weighted by molar-refractivity contribution is 5.95. The molecule has 37 heavy (non-hydrogen) atoms. The van der Waals surface area contributed by atoms with Crippen LogP contribution in [-0.4, -0.2) is 48.2 Å². The van der Waals surface area contributed by atoms with E-state index in [2.05, 4.69) is 64.6 Å². The van der Waals surface area contributed by atoms with Gasteiger partial charge in [0.15, 0.2) is 0 Å². The number of hydrogen-bond acceptors (Lipinski definition) is 7. The van der Waals surface area contributed by atoms with Crippen LogP contribution in [0.5, 0.6) is 0 Å². The fraction of sp³-hybridized carbons (Fsp3) is 0.345. The highest BCUT2D eigenvalue weighted by Gasteiger charge is 2.36. The van der Waals surface area contributed by atoms with E-state index < -0.39 is 11.6 Å². The third kappa shape index (κ3) is 5.85. The average molecular weight is 503 g/mol. The number of benzene rings is 2. The number of nitrogens with zero attached hydrogens (tertiary/aromatic N) is 3. The molecule has 194 valence electrons. The zero-order chi connectivity index (χ0) is 26.7. The number of rotatable bonds is 6. The van der Waals surface area contributed by atoms with E-state index >= 15 is 0 Å². The van der Waals surface area contributed by atoms with Crippen molar-refractivity contribution in [3.63, 3.8) is 0 Å². The molecule has 0 saturated heterocycles. The summed E-state index contributed by atoms with van der Waals surface area (Å²) in [7, 11) is 3.37. The number of carbonyl (C=O) groups excluding carboxylic acids is 2. The largest absolute Gasteiger partial charge is 0.465 e. The number of aryl methyl sites for hydroxylation is 1. The number of methoxy groups -OCH3 is 1. The third-order valence-electron chi connectivity index (χ3n) is 6.35. The Labute approximate surface area is 218 Å². The van der Waals surface area contributed by atoms with Gasteiger partial charge >= 0.3 is 12.1 Å². The maximum Gasteiger partial charge on any atom is 0.411 e. The Balaban J connectivity index is 1.63. The number of carbonyl (C=O) groups is 2. The quantitative estimate of drug-likeness (QED) is 0.423. The minimum atomic E-state index is -0.623. The summed E-state index contributed by atoms with van der Waals surface area (Å²) in [5.74, 6) is -0.454. The van der Waals surface area contributed by atoms with Gasteiger partial charge in [-0.1, -0.05) is 23.8 Å². The lowest BCUT2D eigenvalue weighted by Gasteiger charge is -2.29. The molecule has 1 unspecified atom stereocenters. The van der Waals surface area contributed by atoms with Crippen molar-refractivity contribution in [1.29, 1.82) is 0 Å². The lowest BCUT2D eigenvalue weighted by atomic mass is 10.0. The van der Waals surface area contributed by atoms with Crippen LogP contribution in [-0.2, 0) is 16.0 Å². The van der Waals surface area contributed by atoms with Crippen molar-refractivity contribution in [1.82, 2.24) is 9.88 Å². The molecule has 1 amide bonds. The molecule has 0 spiro atoms. The maximum atomic E-state index is 13.2. The smallest absolute Gasteiger partial charge is 0.411 e. The zero-order valence-electron chi connectivity index (χ0n) is 22.2. The first-order valence-electron chi connectivity index (χ1n) is 12.3. The Morgan fingerprint density at radius 3 is 2.49 bits per heavy atom. The first kappa shape index (κ1) is 26.0. The van der Waals surface area contributed by atoms with Gasteiger partial charge in [0, 0.05) is 31.2 Å². The number of esters is 1. The van der Waals surface area contributed by atoms with Gasteiger partial charge in [-0.25, -0.2) is 9.59 Å². The first-order valence-corrected chi connectivity index (χ1v) is 12.3. The van der Waals surface area contributed by atoms with E-state index in [0.717, 1.165) is 22.5 Å². The van der Waals surface area contributed by atoms with Crippen LogP contribution in [0.25, 0.3) is 0 Å². The molecule has 4 rings (SSSR count). The molecule has 1 N–H and O–H groups in total. The molecule has 0 saturated carbocycles. The van der Waals surface area contributed by atoms with Crippen LogP contribution in [0.3, 0.4) is 0 Å². The summed E-state index contributed by atoms with van der Waals surface area (Å²) in [4.78, 5) is 33.4. The molecule has 1 aromatic heterocycles. The molecule has 0 bridgehead atoms. The van der Waals surface area contributed by atoms with Crippen LogP contribution in [0.2, 0.25) is 0 Å². The Bertz CT molecular complexity index is 1280. The molecular formula is C29H34N4O4. The molecule has 8 nitrogen and oxygen atoms in total. The number of ether oxygens (including phenoxy) is 2.